The average molecular weight is 793 g/mol. The lowest BCUT2D eigenvalue weighted by Crippen LogP contribution is -2.60. The van der Waals surface area contributed by atoms with Crippen molar-refractivity contribution in [3.05, 3.63) is 34.9 Å². The Morgan fingerprint density at radius 1 is 1.04 bits per heavy atom. The molecule has 3 fully saturated rings. The van der Waals surface area contributed by atoms with Crippen molar-refractivity contribution in [1.82, 2.24) is 19.6 Å². The minimum atomic E-state index is -1.62. The predicted molar refractivity (Wildman–Crippen MR) is 210 cm³/mol. The molecular weight excluding hydrogens is 728 g/mol. The van der Waals surface area contributed by atoms with Crippen LogP contribution in [0, 0.1) is 17.3 Å². The van der Waals surface area contributed by atoms with Crippen molar-refractivity contribution in [3.8, 4) is 0 Å². The number of aliphatic hydroxyl groups is 1. The van der Waals surface area contributed by atoms with E-state index < -0.39 is 59.3 Å². The lowest BCUT2D eigenvalue weighted by molar-refractivity contribution is -0.295. The number of Topliss-reactive ketones (excluding diaryl/α,β-unsaturated/α-hetero) is 1. The van der Waals surface area contributed by atoms with E-state index >= 15 is 0 Å². The second-order valence-corrected chi connectivity index (χ2v) is 17.3. The van der Waals surface area contributed by atoms with Gasteiger partial charge in [0.1, 0.15) is 23.7 Å². The van der Waals surface area contributed by atoms with Gasteiger partial charge in [0.05, 0.1) is 17.8 Å². The number of benzene rings is 1. The molecule has 1 aromatic carbocycles. The van der Waals surface area contributed by atoms with Gasteiger partial charge >= 0.3 is 5.97 Å². The maximum Gasteiger partial charge on any atom is 0.319 e. The Balaban J connectivity index is 1.66. The summed E-state index contributed by atoms with van der Waals surface area (Å²) >= 11 is 6.14. The maximum atomic E-state index is 14.6. The summed E-state index contributed by atoms with van der Waals surface area (Å²) in [6, 6.07) is 5.73. The van der Waals surface area contributed by atoms with Gasteiger partial charge in [-0.2, -0.15) is 0 Å². The summed E-state index contributed by atoms with van der Waals surface area (Å²) in [5.41, 5.74) is -2.21. The van der Waals surface area contributed by atoms with Crippen LogP contribution in [0.15, 0.2) is 24.3 Å². The molecule has 0 aromatic heterocycles. The van der Waals surface area contributed by atoms with Gasteiger partial charge in [0.15, 0.2) is 12.1 Å². The van der Waals surface area contributed by atoms with Crippen molar-refractivity contribution in [1.29, 1.82) is 0 Å². The zero-order valence-electron chi connectivity index (χ0n) is 34.7. The Bertz CT molecular complexity index is 1500. The fraction of sp³-hybridized carbons (Fsp3) is 0.756. The van der Waals surface area contributed by atoms with E-state index in [0.717, 1.165) is 6.42 Å². The number of aliphatic hydroxyl groups excluding tert-OH is 1. The van der Waals surface area contributed by atoms with Gasteiger partial charge in [0, 0.05) is 62.4 Å². The van der Waals surface area contributed by atoms with Gasteiger partial charge in [0.2, 0.25) is 5.91 Å². The number of amides is 2. The Morgan fingerprint density at radius 3 is 2.25 bits per heavy atom. The van der Waals surface area contributed by atoms with Crippen molar-refractivity contribution in [2.24, 2.45) is 17.3 Å². The van der Waals surface area contributed by atoms with Crippen LogP contribution < -0.4 is 0 Å². The number of cyclic esters (lactones) is 1. The summed E-state index contributed by atoms with van der Waals surface area (Å²) < 4.78 is 25.3. The molecule has 310 valence electrons. The number of rotatable bonds is 8. The molecule has 10 atom stereocenters. The van der Waals surface area contributed by atoms with Crippen molar-refractivity contribution < 1.29 is 43.2 Å². The first kappa shape index (κ1) is 45.1. The second-order valence-electron chi connectivity index (χ2n) is 16.9. The van der Waals surface area contributed by atoms with Gasteiger partial charge in [-0.1, -0.05) is 38.4 Å². The number of carbonyl (C=O) groups excluding carboxylic acids is 4. The van der Waals surface area contributed by atoms with Crippen LogP contribution in [0.25, 0.3) is 0 Å². The molecule has 1 N–H and O–H groups in total. The highest BCUT2D eigenvalue weighted by Crippen LogP contribution is 2.39. The highest BCUT2D eigenvalue weighted by Gasteiger charge is 2.52. The maximum absolute atomic E-state index is 14.6. The number of hydrogen-bond acceptors (Lipinski definition) is 11. The molecule has 0 saturated carbocycles. The minimum Gasteiger partial charge on any atom is -0.460 e. The van der Waals surface area contributed by atoms with Crippen molar-refractivity contribution >= 4 is 35.2 Å². The number of halogens is 1. The quantitative estimate of drug-likeness (QED) is 0.301. The number of carbonyl (C=O) groups is 4. The molecule has 14 heteroatoms. The van der Waals surface area contributed by atoms with Gasteiger partial charge < -0.3 is 38.8 Å². The third-order valence-electron chi connectivity index (χ3n) is 11.8. The zero-order valence-corrected chi connectivity index (χ0v) is 35.5. The lowest BCUT2D eigenvalue weighted by Gasteiger charge is -2.47. The Hall–Kier alpha value is -2.65. The van der Waals surface area contributed by atoms with Crippen molar-refractivity contribution in [2.75, 3.05) is 60.5 Å². The third-order valence-corrected chi connectivity index (χ3v) is 12.0. The number of ketones is 1. The molecule has 0 aliphatic carbocycles. The van der Waals surface area contributed by atoms with Crippen LogP contribution in [-0.2, 0) is 33.3 Å². The Kier molecular flexibility index (Phi) is 15.4. The van der Waals surface area contributed by atoms with Crippen LogP contribution in [0.1, 0.15) is 85.0 Å². The van der Waals surface area contributed by atoms with Crippen molar-refractivity contribution in [2.45, 2.75) is 123 Å². The van der Waals surface area contributed by atoms with Crippen molar-refractivity contribution in [3.63, 3.8) is 0 Å². The first-order valence-corrected chi connectivity index (χ1v) is 20.2. The van der Waals surface area contributed by atoms with E-state index in [4.69, 9.17) is 30.5 Å². The number of esters is 1. The minimum absolute atomic E-state index is 0.0883. The van der Waals surface area contributed by atoms with Gasteiger partial charge in [-0.05, 0) is 98.6 Å². The van der Waals surface area contributed by atoms with E-state index in [1.165, 1.54) is 13.8 Å². The van der Waals surface area contributed by atoms with E-state index in [2.05, 4.69) is 11.8 Å². The van der Waals surface area contributed by atoms with E-state index in [1.807, 2.05) is 39.8 Å². The number of piperazine rings is 1. The molecule has 2 amide bonds. The molecule has 3 heterocycles. The standard InChI is InChI=1S/C41H65ClN4O9/c1-12-16-46-24-25(2)23-41(8,52-11)35(55-38-33(47)31(43(9)10)21-26(3)53-38)27(4)34(48)40(6,7)39(51)54-28(5)32(46)37(50)45-19-17-44(18-20-45)36(49)29-14-13-15-30(42)22-29/h13-15,22,25-28,31-33,35,38,47H,12,16-21,23-24H2,1-11H3/t25-,26-,27+,28+,31+,32-,33-,35-,38+,41-/m1/s1. The second kappa shape index (κ2) is 18.7. The zero-order chi connectivity index (χ0) is 41.0. The number of hydrogen-bond donors (Lipinski definition) is 1. The van der Waals surface area contributed by atoms with Crippen LogP contribution in [0.3, 0.4) is 0 Å². The monoisotopic (exact) mass is 792 g/mol. The Morgan fingerprint density at radius 2 is 1.67 bits per heavy atom. The Labute approximate surface area is 332 Å². The molecule has 0 unspecified atom stereocenters. The molecule has 3 aliphatic rings. The average Bonchev–Trinajstić information content (AvgIpc) is 3.13. The highest BCUT2D eigenvalue weighted by atomic mass is 35.5. The molecule has 1 aromatic rings. The fourth-order valence-corrected chi connectivity index (χ4v) is 8.85. The van der Waals surface area contributed by atoms with Crippen LogP contribution >= 0.6 is 11.6 Å². The SMILES string of the molecule is CCCN1C[C@H](C)C[C@@](C)(OC)[C@H](O[C@@H]2O[C@H](C)C[C@H](N(C)C)[C@H]2O)[C@@H](C)C(=O)C(C)(C)C(=O)O[C@@H](C)[C@@H]1C(=O)N1CCN(C(=O)c2cccc(Cl)c2)CC1. The summed E-state index contributed by atoms with van der Waals surface area (Å²) in [7, 11) is 5.37. The third kappa shape index (κ3) is 10.3. The fourth-order valence-electron chi connectivity index (χ4n) is 8.66. The number of likely N-dealkylation sites (N-methyl/N-ethyl adjacent to an activating group) is 1. The van der Waals surface area contributed by atoms with E-state index in [1.54, 1.807) is 55.0 Å². The first-order valence-electron chi connectivity index (χ1n) is 19.8. The van der Waals surface area contributed by atoms with Gasteiger partial charge in [-0.3, -0.25) is 24.1 Å². The van der Waals surface area contributed by atoms with E-state index in [9.17, 15) is 24.3 Å². The first-order chi connectivity index (χ1) is 25.7. The van der Waals surface area contributed by atoms with Crippen LogP contribution in [-0.4, -0.2) is 157 Å². The molecule has 3 saturated heterocycles. The highest BCUT2D eigenvalue weighted by molar-refractivity contribution is 6.31. The molecule has 0 bridgehead atoms. The summed E-state index contributed by atoms with van der Waals surface area (Å²) in [6.45, 7) is 16.7. The smallest absolute Gasteiger partial charge is 0.319 e. The molecule has 55 heavy (non-hydrogen) atoms. The van der Waals surface area contributed by atoms with E-state index in [0.29, 0.717) is 62.7 Å². The normalized spacial score (nSPS) is 34.4. The largest absolute Gasteiger partial charge is 0.460 e. The summed E-state index contributed by atoms with van der Waals surface area (Å²) in [5, 5.41) is 11.9. The predicted octanol–water partition coefficient (Wildman–Crippen LogP) is 4.12. The van der Waals surface area contributed by atoms with Crippen LogP contribution in [0.5, 0.6) is 0 Å². The van der Waals surface area contributed by atoms with Crippen LogP contribution in [0.4, 0.5) is 0 Å². The molecule has 13 nitrogen and oxygen atoms in total. The van der Waals surface area contributed by atoms with Gasteiger partial charge in [-0.15, -0.1) is 0 Å². The molecule has 4 rings (SSSR count). The van der Waals surface area contributed by atoms with Gasteiger partial charge in [0.25, 0.3) is 5.91 Å². The van der Waals surface area contributed by atoms with Gasteiger partial charge in [-0.25, -0.2) is 0 Å². The summed E-state index contributed by atoms with van der Waals surface area (Å²) in [4.78, 5) is 64.0. The summed E-state index contributed by atoms with van der Waals surface area (Å²) in [6.07, 6.45) is -2.33. The number of nitrogens with zero attached hydrogens (tertiary/aromatic N) is 4. The summed E-state index contributed by atoms with van der Waals surface area (Å²) in [5.74, 6) is -2.48. The molecule has 3 aliphatic heterocycles. The van der Waals surface area contributed by atoms with Crippen LogP contribution in [0.2, 0.25) is 5.02 Å². The van der Waals surface area contributed by atoms with E-state index in [-0.39, 0.29) is 29.9 Å². The topological polar surface area (TPSA) is 138 Å². The number of methoxy groups -OCH3 is 1. The molecule has 0 spiro atoms. The molecular formula is C41H65ClN4O9. The molecule has 0 radical (unpaired) electrons. The lowest BCUT2D eigenvalue weighted by atomic mass is 9.74. The number of ether oxygens (including phenoxy) is 4.